The van der Waals surface area contributed by atoms with E-state index in [0.29, 0.717) is 16.9 Å². The Balaban J connectivity index is 1.65. The van der Waals surface area contributed by atoms with Crippen LogP contribution in [0.15, 0.2) is 41.7 Å². The van der Waals surface area contributed by atoms with Crippen molar-refractivity contribution in [2.24, 2.45) is 4.99 Å². The Morgan fingerprint density at radius 1 is 1.05 bits per heavy atom. The summed E-state index contributed by atoms with van der Waals surface area (Å²) < 4.78 is 0. The van der Waals surface area contributed by atoms with Gasteiger partial charge in [-0.05, 0) is 23.3 Å². The molecule has 1 fully saturated rings. The highest BCUT2D eigenvalue weighted by Gasteiger charge is 2.19. The molecule has 0 radical (unpaired) electrons. The number of pyridine rings is 2. The van der Waals surface area contributed by atoms with Crippen molar-refractivity contribution in [1.29, 1.82) is 0 Å². The lowest BCUT2D eigenvalue weighted by Crippen LogP contribution is -2.24. The Morgan fingerprint density at radius 2 is 1.73 bits per heavy atom. The second kappa shape index (κ2) is 7.31. The Labute approximate surface area is 143 Å². The van der Waals surface area contributed by atoms with Gasteiger partial charge in [-0.3, -0.25) is 4.99 Å². The minimum atomic E-state index is 0.503. The van der Waals surface area contributed by atoms with Gasteiger partial charge in [-0.25, -0.2) is 9.97 Å². The standard InChI is InChI=1S/C15H14Cl2N4S/c16-13-3-1-11(7-18-13)8-20-15-21(5-6-22-15)10-12-2-4-14(17)19-9-12/h1-4,7,9H,5-6,8,10H2. The van der Waals surface area contributed by atoms with Crippen molar-refractivity contribution < 1.29 is 0 Å². The second-order valence-corrected chi connectivity index (χ2v) is 6.68. The SMILES string of the molecule is Clc1ccc(CN=C2SCCN2Cc2ccc(Cl)nc2)cn1. The summed E-state index contributed by atoms with van der Waals surface area (Å²) in [4.78, 5) is 15.2. The minimum absolute atomic E-state index is 0.503. The molecule has 0 spiro atoms. The molecule has 0 atom stereocenters. The topological polar surface area (TPSA) is 41.4 Å². The fourth-order valence-corrected chi connectivity index (χ4v) is 3.32. The van der Waals surface area contributed by atoms with Crippen LogP contribution in [-0.2, 0) is 13.1 Å². The van der Waals surface area contributed by atoms with Gasteiger partial charge in [-0.2, -0.15) is 0 Å². The number of amidine groups is 1. The lowest BCUT2D eigenvalue weighted by molar-refractivity contribution is 0.454. The number of aliphatic imine (C=N–C) groups is 1. The van der Waals surface area contributed by atoms with E-state index in [4.69, 9.17) is 28.2 Å². The average Bonchev–Trinajstić information content (AvgIpc) is 2.96. The van der Waals surface area contributed by atoms with Crippen LogP contribution in [0.5, 0.6) is 0 Å². The van der Waals surface area contributed by atoms with Gasteiger partial charge in [-0.1, -0.05) is 47.1 Å². The predicted molar refractivity (Wildman–Crippen MR) is 92.5 cm³/mol. The van der Waals surface area contributed by atoms with Crippen LogP contribution in [0.25, 0.3) is 0 Å². The molecule has 0 N–H and O–H groups in total. The lowest BCUT2D eigenvalue weighted by atomic mass is 10.3. The smallest absolute Gasteiger partial charge is 0.159 e. The maximum atomic E-state index is 5.82. The van der Waals surface area contributed by atoms with Crippen molar-refractivity contribution >= 4 is 40.1 Å². The maximum Gasteiger partial charge on any atom is 0.159 e. The Bertz CT molecular complexity index is 658. The van der Waals surface area contributed by atoms with Crippen LogP contribution in [-0.4, -0.2) is 32.3 Å². The van der Waals surface area contributed by atoms with Gasteiger partial charge >= 0.3 is 0 Å². The van der Waals surface area contributed by atoms with E-state index in [1.807, 2.05) is 24.4 Å². The van der Waals surface area contributed by atoms with E-state index in [-0.39, 0.29) is 0 Å². The van der Waals surface area contributed by atoms with Gasteiger partial charge in [0.25, 0.3) is 0 Å². The van der Waals surface area contributed by atoms with Crippen molar-refractivity contribution in [3.63, 3.8) is 0 Å². The molecule has 1 aliphatic heterocycles. The van der Waals surface area contributed by atoms with E-state index in [9.17, 15) is 0 Å². The fourth-order valence-electron chi connectivity index (χ4n) is 2.11. The van der Waals surface area contributed by atoms with Crippen LogP contribution in [0.3, 0.4) is 0 Å². The molecular formula is C15H14Cl2N4S. The third kappa shape index (κ3) is 4.12. The van der Waals surface area contributed by atoms with Gasteiger partial charge in [0.1, 0.15) is 10.3 Å². The number of rotatable bonds is 4. The molecule has 0 unspecified atom stereocenters. The van der Waals surface area contributed by atoms with E-state index in [1.54, 1.807) is 24.0 Å². The first-order valence-electron chi connectivity index (χ1n) is 6.84. The summed E-state index contributed by atoms with van der Waals surface area (Å²) in [5, 5.41) is 2.08. The van der Waals surface area contributed by atoms with Crippen LogP contribution in [0.4, 0.5) is 0 Å². The molecule has 0 aromatic carbocycles. The summed E-state index contributed by atoms with van der Waals surface area (Å²) in [5.41, 5.74) is 2.19. The molecule has 0 amide bonds. The van der Waals surface area contributed by atoms with Crippen molar-refractivity contribution in [1.82, 2.24) is 14.9 Å². The highest BCUT2D eigenvalue weighted by atomic mass is 35.5. The van der Waals surface area contributed by atoms with Crippen LogP contribution in [0, 0.1) is 0 Å². The monoisotopic (exact) mass is 352 g/mol. The number of hydrogen-bond donors (Lipinski definition) is 0. The molecule has 2 aromatic heterocycles. The second-order valence-electron chi connectivity index (χ2n) is 4.85. The molecule has 0 aliphatic carbocycles. The van der Waals surface area contributed by atoms with Crippen molar-refractivity contribution in [3.8, 4) is 0 Å². The number of aromatic nitrogens is 2. The van der Waals surface area contributed by atoms with Gasteiger partial charge in [-0.15, -0.1) is 0 Å². The Kier molecular flexibility index (Phi) is 5.18. The van der Waals surface area contributed by atoms with Gasteiger partial charge in [0.15, 0.2) is 5.17 Å². The molecule has 1 saturated heterocycles. The molecule has 114 valence electrons. The zero-order valence-electron chi connectivity index (χ0n) is 11.7. The first-order valence-corrected chi connectivity index (χ1v) is 8.58. The van der Waals surface area contributed by atoms with Crippen molar-refractivity contribution in [3.05, 3.63) is 58.1 Å². The summed E-state index contributed by atoms with van der Waals surface area (Å²) in [6.45, 7) is 2.40. The first-order chi connectivity index (χ1) is 10.7. The van der Waals surface area contributed by atoms with Crippen molar-refractivity contribution in [2.45, 2.75) is 13.1 Å². The number of nitrogens with zero attached hydrogens (tertiary/aromatic N) is 4. The van der Waals surface area contributed by atoms with Gasteiger partial charge in [0.05, 0.1) is 6.54 Å². The van der Waals surface area contributed by atoms with Gasteiger partial charge in [0.2, 0.25) is 0 Å². The normalized spacial score (nSPS) is 16.5. The van der Waals surface area contributed by atoms with E-state index in [1.165, 1.54) is 0 Å². The van der Waals surface area contributed by atoms with Crippen LogP contribution < -0.4 is 0 Å². The summed E-state index contributed by atoms with van der Waals surface area (Å²) in [5.74, 6) is 1.05. The molecule has 3 heterocycles. The van der Waals surface area contributed by atoms with E-state index >= 15 is 0 Å². The van der Waals surface area contributed by atoms with E-state index in [0.717, 1.165) is 35.1 Å². The highest BCUT2D eigenvalue weighted by Crippen LogP contribution is 2.21. The Hall–Kier alpha value is -1.30. The van der Waals surface area contributed by atoms with E-state index in [2.05, 4.69) is 14.9 Å². The molecule has 2 aromatic rings. The highest BCUT2D eigenvalue weighted by molar-refractivity contribution is 8.14. The van der Waals surface area contributed by atoms with Crippen molar-refractivity contribution in [2.75, 3.05) is 12.3 Å². The van der Waals surface area contributed by atoms with Crippen LogP contribution >= 0.6 is 35.0 Å². The summed E-state index contributed by atoms with van der Waals surface area (Å²) in [7, 11) is 0. The quantitative estimate of drug-likeness (QED) is 0.782. The molecule has 4 nitrogen and oxygen atoms in total. The van der Waals surface area contributed by atoms with Crippen LogP contribution in [0.2, 0.25) is 10.3 Å². The lowest BCUT2D eigenvalue weighted by Gasteiger charge is -2.17. The molecule has 3 rings (SSSR count). The number of halogens is 2. The zero-order chi connectivity index (χ0) is 15.4. The summed E-state index contributed by atoms with van der Waals surface area (Å²) in [6.07, 6.45) is 3.57. The maximum absolute atomic E-state index is 5.82. The number of hydrogen-bond acceptors (Lipinski definition) is 4. The molecule has 0 bridgehead atoms. The third-order valence-corrected chi connectivity index (χ3v) is 4.69. The summed E-state index contributed by atoms with van der Waals surface area (Å²) in [6, 6.07) is 7.55. The largest absolute Gasteiger partial charge is 0.346 e. The molecule has 7 heteroatoms. The predicted octanol–water partition coefficient (Wildman–Crippen LogP) is 3.89. The molecule has 1 aliphatic rings. The molecule has 22 heavy (non-hydrogen) atoms. The Morgan fingerprint density at radius 3 is 2.36 bits per heavy atom. The molecular weight excluding hydrogens is 339 g/mol. The fraction of sp³-hybridized carbons (Fsp3) is 0.267. The zero-order valence-corrected chi connectivity index (χ0v) is 14.1. The minimum Gasteiger partial charge on any atom is -0.346 e. The van der Waals surface area contributed by atoms with Crippen LogP contribution in [0.1, 0.15) is 11.1 Å². The van der Waals surface area contributed by atoms with Gasteiger partial charge < -0.3 is 4.90 Å². The average molecular weight is 353 g/mol. The molecule has 0 saturated carbocycles. The van der Waals surface area contributed by atoms with Gasteiger partial charge in [0, 0.05) is 31.2 Å². The first kappa shape index (κ1) is 15.6. The van der Waals surface area contributed by atoms with E-state index < -0.39 is 0 Å². The third-order valence-electron chi connectivity index (χ3n) is 3.21. The number of thioether (sulfide) groups is 1. The summed E-state index contributed by atoms with van der Waals surface area (Å²) >= 11 is 13.4.